The number of aromatic nitrogens is 2. The van der Waals surface area contributed by atoms with Gasteiger partial charge >= 0.3 is 6.18 Å². The van der Waals surface area contributed by atoms with Crippen LogP contribution in [0.3, 0.4) is 0 Å². The van der Waals surface area contributed by atoms with Crippen LogP contribution in [0.5, 0.6) is 0 Å². The monoisotopic (exact) mass is 431 g/mol. The van der Waals surface area contributed by atoms with Gasteiger partial charge in [-0.1, -0.05) is 0 Å². The van der Waals surface area contributed by atoms with E-state index in [-0.39, 0.29) is 24.3 Å². The molecule has 3 heterocycles. The highest BCUT2D eigenvalue weighted by Gasteiger charge is 2.50. The summed E-state index contributed by atoms with van der Waals surface area (Å²) in [6, 6.07) is 6.90. The zero-order chi connectivity index (χ0) is 22.2. The van der Waals surface area contributed by atoms with Gasteiger partial charge < -0.3 is 14.9 Å². The van der Waals surface area contributed by atoms with Gasteiger partial charge in [-0.2, -0.15) is 18.4 Å². The summed E-state index contributed by atoms with van der Waals surface area (Å²) < 4.78 is 40.1. The van der Waals surface area contributed by atoms with E-state index in [9.17, 15) is 23.1 Å². The molecule has 31 heavy (non-hydrogen) atoms. The van der Waals surface area contributed by atoms with Crippen molar-refractivity contribution in [2.24, 2.45) is 11.3 Å². The Bertz CT molecular complexity index is 1020. The molecule has 0 radical (unpaired) electrons. The number of halogens is 3. The van der Waals surface area contributed by atoms with Crippen LogP contribution >= 0.6 is 0 Å². The number of carbonyl (C=O) groups is 1. The van der Waals surface area contributed by atoms with E-state index in [1.807, 2.05) is 4.90 Å². The molecule has 2 aliphatic rings. The number of aliphatic hydroxyl groups excluding tert-OH is 1. The van der Waals surface area contributed by atoms with Gasteiger partial charge in [-0.25, -0.2) is 9.97 Å². The lowest BCUT2D eigenvalue weighted by molar-refractivity contribution is -0.137. The SMILES string of the molecule is N#Cc1ccc(N2CC[C@@]3(CO)CN(C(=O)c4ncccn4)C[C@H]3C2)cc1C(F)(F)F. The molecule has 7 nitrogen and oxygen atoms in total. The first kappa shape index (κ1) is 21.1. The number of piperidine rings is 1. The Kier molecular flexibility index (Phi) is 5.31. The number of aliphatic hydroxyl groups is 1. The number of alkyl halides is 3. The van der Waals surface area contributed by atoms with Crippen molar-refractivity contribution >= 4 is 11.6 Å². The summed E-state index contributed by atoms with van der Waals surface area (Å²) in [4.78, 5) is 24.2. The van der Waals surface area contributed by atoms with Gasteiger partial charge in [0.05, 0.1) is 23.8 Å². The van der Waals surface area contributed by atoms with Crippen molar-refractivity contribution in [3.63, 3.8) is 0 Å². The Hall–Kier alpha value is -3.19. The molecule has 1 aromatic carbocycles. The lowest BCUT2D eigenvalue weighted by Crippen LogP contribution is -2.49. The number of fused-ring (bicyclic) bond motifs is 1. The highest BCUT2D eigenvalue weighted by Crippen LogP contribution is 2.44. The number of anilines is 1. The highest BCUT2D eigenvalue weighted by atomic mass is 19.4. The third-order valence-corrected chi connectivity index (χ3v) is 6.29. The molecule has 0 saturated carbocycles. The van der Waals surface area contributed by atoms with E-state index in [0.29, 0.717) is 38.3 Å². The van der Waals surface area contributed by atoms with Crippen LogP contribution in [-0.4, -0.2) is 58.7 Å². The topological polar surface area (TPSA) is 93.4 Å². The van der Waals surface area contributed by atoms with Gasteiger partial charge in [0.1, 0.15) is 0 Å². The molecule has 4 rings (SSSR count). The maximum Gasteiger partial charge on any atom is 0.417 e. The van der Waals surface area contributed by atoms with E-state index < -0.39 is 22.7 Å². The molecular formula is C21H20F3N5O2. The number of likely N-dealkylation sites (tertiary alicyclic amines) is 1. The Morgan fingerprint density at radius 1 is 1.29 bits per heavy atom. The number of nitrogens with zero attached hydrogens (tertiary/aromatic N) is 5. The fourth-order valence-corrected chi connectivity index (χ4v) is 4.54. The fourth-order valence-electron chi connectivity index (χ4n) is 4.54. The summed E-state index contributed by atoms with van der Waals surface area (Å²) in [6.07, 6.45) is -1.14. The molecule has 2 aliphatic heterocycles. The molecule has 0 spiro atoms. The number of hydrogen-bond donors (Lipinski definition) is 1. The van der Waals surface area contributed by atoms with Crippen molar-refractivity contribution in [2.45, 2.75) is 12.6 Å². The molecule has 1 aromatic heterocycles. The second kappa shape index (κ2) is 7.81. The summed E-state index contributed by atoms with van der Waals surface area (Å²) in [5.74, 6) is -0.371. The van der Waals surface area contributed by atoms with Gasteiger partial charge in [-0.05, 0) is 30.7 Å². The second-order valence-corrected chi connectivity index (χ2v) is 8.01. The predicted molar refractivity (Wildman–Crippen MR) is 104 cm³/mol. The summed E-state index contributed by atoms with van der Waals surface area (Å²) in [6.45, 7) is 1.41. The van der Waals surface area contributed by atoms with Crippen LogP contribution < -0.4 is 4.90 Å². The maximum absolute atomic E-state index is 13.4. The van der Waals surface area contributed by atoms with Crippen molar-refractivity contribution in [2.75, 3.05) is 37.7 Å². The summed E-state index contributed by atoms with van der Waals surface area (Å²) in [5.41, 5.74) is -1.52. The zero-order valence-corrected chi connectivity index (χ0v) is 16.5. The quantitative estimate of drug-likeness (QED) is 0.802. The van der Waals surface area contributed by atoms with Crippen LogP contribution in [0, 0.1) is 22.7 Å². The first-order valence-corrected chi connectivity index (χ1v) is 9.81. The van der Waals surface area contributed by atoms with Gasteiger partial charge in [0.2, 0.25) is 5.82 Å². The lowest BCUT2D eigenvalue weighted by Gasteiger charge is -2.43. The minimum absolute atomic E-state index is 0.0769. The molecule has 0 aliphatic carbocycles. The van der Waals surface area contributed by atoms with Crippen molar-refractivity contribution in [3.05, 3.63) is 53.6 Å². The average molecular weight is 431 g/mol. The number of nitriles is 1. The summed E-state index contributed by atoms with van der Waals surface area (Å²) in [7, 11) is 0. The van der Waals surface area contributed by atoms with Crippen molar-refractivity contribution in [3.8, 4) is 6.07 Å². The van der Waals surface area contributed by atoms with Gasteiger partial charge in [0, 0.05) is 55.6 Å². The molecule has 162 valence electrons. The molecule has 2 atom stereocenters. The smallest absolute Gasteiger partial charge is 0.396 e. The molecule has 1 N–H and O–H groups in total. The van der Waals surface area contributed by atoms with E-state index in [2.05, 4.69) is 9.97 Å². The largest absolute Gasteiger partial charge is 0.417 e. The average Bonchev–Trinajstić information content (AvgIpc) is 3.17. The first-order chi connectivity index (χ1) is 14.8. The normalized spacial score (nSPS) is 23.4. The van der Waals surface area contributed by atoms with Crippen molar-refractivity contribution in [1.29, 1.82) is 5.26 Å². The van der Waals surface area contributed by atoms with E-state index in [1.54, 1.807) is 17.0 Å². The van der Waals surface area contributed by atoms with Crippen LogP contribution in [0.25, 0.3) is 0 Å². The Morgan fingerprint density at radius 2 is 2.03 bits per heavy atom. The minimum Gasteiger partial charge on any atom is -0.396 e. The Labute approximate surface area is 176 Å². The van der Waals surface area contributed by atoms with Crippen LogP contribution in [0.2, 0.25) is 0 Å². The van der Waals surface area contributed by atoms with Crippen LogP contribution in [0.1, 0.15) is 28.2 Å². The zero-order valence-electron chi connectivity index (χ0n) is 16.5. The minimum atomic E-state index is -4.63. The number of benzene rings is 1. The molecule has 0 bridgehead atoms. The first-order valence-electron chi connectivity index (χ1n) is 9.81. The molecule has 2 saturated heterocycles. The van der Waals surface area contributed by atoms with Gasteiger partial charge in [0.15, 0.2) is 0 Å². The fraction of sp³-hybridized carbons (Fsp3) is 0.429. The molecule has 2 aromatic rings. The van der Waals surface area contributed by atoms with Gasteiger partial charge in [-0.15, -0.1) is 0 Å². The molecule has 10 heteroatoms. The predicted octanol–water partition coefficient (Wildman–Crippen LogP) is 2.33. The van der Waals surface area contributed by atoms with Crippen LogP contribution in [0.4, 0.5) is 18.9 Å². The van der Waals surface area contributed by atoms with E-state index >= 15 is 0 Å². The molecule has 0 unspecified atom stereocenters. The number of carbonyl (C=O) groups excluding carboxylic acids is 1. The summed E-state index contributed by atoms with van der Waals surface area (Å²) in [5, 5.41) is 19.1. The third kappa shape index (κ3) is 3.81. The Morgan fingerprint density at radius 3 is 2.68 bits per heavy atom. The van der Waals surface area contributed by atoms with E-state index in [0.717, 1.165) is 6.07 Å². The van der Waals surface area contributed by atoms with E-state index in [4.69, 9.17) is 5.26 Å². The molecular weight excluding hydrogens is 411 g/mol. The standard InChI is InChI=1S/C21H20F3N5O2/c22-21(23,24)17-8-16(3-2-14(17)9-25)28-7-4-20(13-30)12-29(11-15(20)10-28)19(31)18-26-5-1-6-27-18/h1-3,5-6,8,15,30H,4,7,10-13H2/t15-,20+/m1/s1. The third-order valence-electron chi connectivity index (χ3n) is 6.29. The Balaban J connectivity index is 1.57. The van der Waals surface area contributed by atoms with Crippen molar-refractivity contribution in [1.82, 2.24) is 14.9 Å². The number of amides is 1. The number of rotatable bonds is 3. The molecule has 2 fully saturated rings. The lowest BCUT2D eigenvalue weighted by atomic mass is 9.73. The second-order valence-electron chi connectivity index (χ2n) is 8.01. The molecule has 1 amide bonds. The summed E-state index contributed by atoms with van der Waals surface area (Å²) >= 11 is 0. The van der Waals surface area contributed by atoms with Gasteiger partial charge in [-0.3, -0.25) is 4.79 Å². The van der Waals surface area contributed by atoms with Gasteiger partial charge in [0.25, 0.3) is 5.91 Å². The van der Waals surface area contributed by atoms with Crippen LogP contribution in [0.15, 0.2) is 36.7 Å². The number of hydrogen-bond acceptors (Lipinski definition) is 6. The van der Waals surface area contributed by atoms with E-state index in [1.165, 1.54) is 24.5 Å². The maximum atomic E-state index is 13.4. The van der Waals surface area contributed by atoms with Crippen molar-refractivity contribution < 1.29 is 23.1 Å². The van der Waals surface area contributed by atoms with Crippen LogP contribution in [-0.2, 0) is 6.18 Å². The highest BCUT2D eigenvalue weighted by molar-refractivity contribution is 5.90.